The van der Waals surface area contributed by atoms with Gasteiger partial charge in [-0.15, -0.1) is 0 Å². The number of benzene rings is 2. The average Bonchev–Trinajstić information content (AvgIpc) is 3.20. The second kappa shape index (κ2) is 8.80. The number of hydrogen-bond acceptors (Lipinski definition) is 7. The Kier molecular flexibility index (Phi) is 5.91. The van der Waals surface area contributed by atoms with Gasteiger partial charge < -0.3 is 19.8 Å². The Hall–Kier alpha value is -3.72. The Bertz CT molecular complexity index is 1250. The highest BCUT2D eigenvalue weighted by Crippen LogP contribution is 2.37. The van der Waals surface area contributed by atoms with Crippen LogP contribution in [-0.4, -0.2) is 45.9 Å². The Morgan fingerprint density at radius 3 is 2.62 bits per heavy atom. The van der Waals surface area contributed by atoms with Crippen LogP contribution in [0.5, 0.6) is 11.5 Å². The zero-order valence-corrected chi connectivity index (χ0v) is 18.1. The highest BCUT2D eigenvalue weighted by Gasteiger charge is 2.22. The van der Waals surface area contributed by atoms with Crippen LogP contribution in [0, 0.1) is 0 Å². The lowest BCUT2D eigenvalue weighted by atomic mass is 10.1. The highest BCUT2D eigenvalue weighted by atomic mass is 16.7. The number of ketones is 1. The second-order valence-corrected chi connectivity index (χ2v) is 7.88. The number of nitrogens with zero attached hydrogens (tertiary/aromatic N) is 2. The molecule has 0 unspecified atom stereocenters. The summed E-state index contributed by atoms with van der Waals surface area (Å²) >= 11 is 0. The van der Waals surface area contributed by atoms with Crippen LogP contribution in [0.4, 0.5) is 5.69 Å². The molecule has 0 bridgehead atoms. The molecule has 32 heavy (non-hydrogen) atoms. The number of nitrogens with one attached hydrogen (secondary N) is 2. The van der Waals surface area contributed by atoms with Crippen molar-refractivity contribution in [1.29, 1.82) is 0 Å². The van der Waals surface area contributed by atoms with Crippen LogP contribution in [0.1, 0.15) is 37.0 Å². The van der Waals surface area contributed by atoms with Crippen molar-refractivity contribution in [1.82, 2.24) is 14.9 Å². The van der Waals surface area contributed by atoms with Crippen molar-refractivity contribution in [3.05, 3.63) is 58.1 Å². The van der Waals surface area contributed by atoms with E-state index >= 15 is 0 Å². The van der Waals surface area contributed by atoms with Crippen LogP contribution in [0.15, 0.2) is 41.2 Å². The van der Waals surface area contributed by atoms with E-state index in [1.54, 1.807) is 30.3 Å². The molecule has 9 heteroatoms. The number of para-hydroxylation sites is 1. The predicted octanol–water partition coefficient (Wildman–Crippen LogP) is 2.70. The fourth-order valence-corrected chi connectivity index (χ4v) is 3.53. The molecular weight excluding hydrogens is 412 g/mol. The number of aromatic nitrogens is 2. The predicted molar refractivity (Wildman–Crippen MR) is 119 cm³/mol. The monoisotopic (exact) mass is 436 g/mol. The molecular formula is C23H24N4O5. The van der Waals surface area contributed by atoms with Gasteiger partial charge >= 0.3 is 0 Å². The molecule has 2 N–H and O–H groups in total. The maximum Gasteiger partial charge on any atom is 0.258 e. The summed E-state index contributed by atoms with van der Waals surface area (Å²) in [4.78, 5) is 46.5. The molecule has 1 aliphatic rings. The number of amides is 1. The van der Waals surface area contributed by atoms with E-state index < -0.39 is 0 Å². The van der Waals surface area contributed by atoms with Gasteiger partial charge in [-0.2, -0.15) is 0 Å². The fraction of sp³-hybridized carbons (Fsp3) is 0.304. The lowest BCUT2D eigenvalue weighted by Gasteiger charge is -2.25. The number of H-pyrrole nitrogens is 1. The molecule has 0 saturated carbocycles. The maximum absolute atomic E-state index is 12.8. The Labute approximate surface area is 184 Å². The number of aromatic amines is 1. The quantitative estimate of drug-likeness (QED) is 0.548. The SMILES string of the molecule is CC(=O)c1cc2c(cc1NC(=O)CN(Cc1nc3ccccc3c(=O)[nH]1)C(C)C)OCO2. The molecule has 2 aromatic carbocycles. The van der Waals surface area contributed by atoms with E-state index in [1.807, 2.05) is 24.8 Å². The minimum absolute atomic E-state index is 0.00144. The van der Waals surface area contributed by atoms with Gasteiger partial charge in [-0.3, -0.25) is 19.3 Å². The van der Waals surface area contributed by atoms with Gasteiger partial charge in [0, 0.05) is 17.7 Å². The number of hydrogen-bond donors (Lipinski definition) is 2. The molecule has 0 aliphatic carbocycles. The van der Waals surface area contributed by atoms with Crippen LogP contribution in [0.3, 0.4) is 0 Å². The third-order valence-corrected chi connectivity index (χ3v) is 5.26. The average molecular weight is 436 g/mol. The van der Waals surface area contributed by atoms with Gasteiger partial charge in [-0.05, 0) is 39.0 Å². The Morgan fingerprint density at radius 2 is 1.91 bits per heavy atom. The van der Waals surface area contributed by atoms with Crippen molar-refractivity contribution in [2.24, 2.45) is 0 Å². The van der Waals surface area contributed by atoms with E-state index in [2.05, 4.69) is 15.3 Å². The summed E-state index contributed by atoms with van der Waals surface area (Å²) in [7, 11) is 0. The maximum atomic E-state index is 12.8. The van der Waals surface area contributed by atoms with E-state index in [9.17, 15) is 14.4 Å². The molecule has 3 aromatic rings. The van der Waals surface area contributed by atoms with Gasteiger partial charge in [0.15, 0.2) is 17.3 Å². The van der Waals surface area contributed by atoms with E-state index in [1.165, 1.54) is 6.92 Å². The zero-order valence-electron chi connectivity index (χ0n) is 18.1. The van der Waals surface area contributed by atoms with Crippen LogP contribution < -0.4 is 20.3 Å². The molecule has 0 spiro atoms. The van der Waals surface area contributed by atoms with E-state index in [0.29, 0.717) is 39.5 Å². The standard InChI is InChI=1S/C23H24N4O5/c1-13(2)27(10-21-24-17-7-5-4-6-15(17)23(30)26-21)11-22(29)25-18-9-20-19(31-12-32-20)8-16(18)14(3)28/h4-9,13H,10-12H2,1-3H3,(H,25,29)(H,24,26,30). The van der Waals surface area contributed by atoms with Crippen molar-refractivity contribution in [3.63, 3.8) is 0 Å². The number of fused-ring (bicyclic) bond motifs is 2. The summed E-state index contributed by atoms with van der Waals surface area (Å²) in [5.41, 5.74) is 1.10. The number of carbonyl (C=O) groups is 2. The Morgan fingerprint density at radius 1 is 1.19 bits per heavy atom. The van der Waals surface area contributed by atoms with Gasteiger partial charge in [0.2, 0.25) is 12.7 Å². The largest absolute Gasteiger partial charge is 0.454 e. The number of ether oxygens (including phenoxy) is 2. The topological polar surface area (TPSA) is 114 Å². The molecule has 166 valence electrons. The summed E-state index contributed by atoms with van der Waals surface area (Å²) in [6, 6.07) is 10.3. The van der Waals surface area contributed by atoms with Crippen molar-refractivity contribution < 1.29 is 19.1 Å². The van der Waals surface area contributed by atoms with Crippen LogP contribution >= 0.6 is 0 Å². The van der Waals surface area contributed by atoms with Gasteiger partial charge in [-0.1, -0.05) is 12.1 Å². The molecule has 1 amide bonds. The number of rotatable bonds is 7. The van der Waals surface area contributed by atoms with Gasteiger partial charge in [0.1, 0.15) is 5.82 Å². The fourth-order valence-electron chi connectivity index (χ4n) is 3.53. The van der Waals surface area contributed by atoms with Crippen molar-refractivity contribution >= 4 is 28.3 Å². The van der Waals surface area contributed by atoms with Crippen molar-refractivity contribution in [2.75, 3.05) is 18.7 Å². The number of anilines is 1. The Balaban J connectivity index is 1.52. The molecule has 2 heterocycles. The molecule has 1 aliphatic heterocycles. The van der Waals surface area contributed by atoms with E-state index in [-0.39, 0.29) is 43.2 Å². The number of Topliss-reactive ketones (excluding diaryl/α,β-unsaturated/α-hetero) is 1. The summed E-state index contributed by atoms with van der Waals surface area (Å²) in [6.07, 6.45) is 0. The van der Waals surface area contributed by atoms with Crippen molar-refractivity contribution in [3.8, 4) is 11.5 Å². The first-order chi connectivity index (χ1) is 15.3. The molecule has 1 aromatic heterocycles. The third-order valence-electron chi connectivity index (χ3n) is 5.26. The minimum atomic E-state index is -0.303. The lowest BCUT2D eigenvalue weighted by Crippen LogP contribution is -2.38. The van der Waals surface area contributed by atoms with Gasteiger partial charge in [0.25, 0.3) is 5.56 Å². The van der Waals surface area contributed by atoms with Gasteiger partial charge in [-0.25, -0.2) is 4.98 Å². The molecule has 0 saturated heterocycles. The molecule has 9 nitrogen and oxygen atoms in total. The van der Waals surface area contributed by atoms with Crippen molar-refractivity contribution in [2.45, 2.75) is 33.4 Å². The zero-order chi connectivity index (χ0) is 22.8. The van der Waals surface area contributed by atoms with E-state index in [0.717, 1.165) is 0 Å². The third kappa shape index (κ3) is 4.47. The lowest BCUT2D eigenvalue weighted by molar-refractivity contribution is -0.117. The minimum Gasteiger partial charge on any atom is -0.454 e. The second-order valence-electron chi connectivity index (χ2n) is 7.88. The normalized spacial score (nSPS) is 12.5. The molecule has 0 radical (unpaired) electrons. The highest BCUT2D eigenvalue weighted by molar-refractivity contribution is 6.05. The first-order valence-electron chi connectivity index (χ1n) is 10.3. The molecule has 0 atom stereocenters. The number of carbonyl (C=O) groups excluding carboxylic acids is 2. The van der Waals surface area contributed by atoms with Crippen LogP contribution in [0.25, 0.3) is 10.9 Å². The summed E-state index contributed by atoms with van der Waals surface area (Å²) in [5.74, 6) is 0.926. The molecule has 0 fully saturated rings. The first kappa shape index (κ1) is 21.5. The van der Waals surface area contributed by atoms with Gasteiger partial charge in [0.05, 0.1) is 29.7 Å². The summed E-state index contributed by atoms with van der Waals surface area (Å²) < 4.78 is 10.7. The van der Waals surface area contributed by atoms with E-state index in [4.69, 9.17) is 9.47 Å². The molecule has 4 rings (SSSR count). The smallest absolute Gasteiger partial charge is 0.258 e. The van der Waals surface area contributed by atoms with Crippen LogP contribution in [0.2, 0.25) is 0 Å². The summed E-state index contributed by atoms with van der Waals surface area (Å²) in [6.45, 7) is 5.73. The first-order valence-corrected chi connectivity index (χ1v) is 10.3. The van der Waals surface area contributed by atoms with Crippen LogP contribution in [-0.2, 0) is 11.3 Å². The summed E-state index contributed by atoms with van der Waals surface area (Å²) in [5, 5.41) is 3.32.